The fourth-order valence-electron chi connectivity index (χ4n) is 2.30. The number of rotatable bonds is 2. The lowest BCUT2D eigenvalue weighted by Crippen LogP contribution is -2.09. The molecule has 0 spiro atoms. The molecule has 0 saturated heterocycles. The molecule has 0 amide bonds. The number of nitrogens with zero attached hydrogens (tertiary/aromatic N) is 1. The normalized spacial score (nSPS) is 10.7. The Morgan fingerprint density at radius 2 is 1.80 bits per heavy atom. The van der Waals surface area contributed by atoms with Gasteiger partial charge in [0.15, 0.2) is 0 Å². The number of hydrazine groups is 1. The van der Waals surface area contributed by atoms with E-state index in [-0.39, 0.29) is 11.5 Å². The second-order valence-corrected chi connectivity index (χ2v) is 4.42. The van der Waals surface area contributed by atoms with Gasteiger partial charge in [0, 0.05) is 28.6 Å². The second kappa shape index (κ2) is 4.71. The molecule has 5 N–H and O–H groups in total. The van der Waals surface area contributed by atoms with Gasteiger partial charge < -0.3 is 15.6 Å². The predicted octanol–water partition coefficient (Wildman–Crippen LogP) is 2.60. The minimum absolute atomic E-state index is 0.0160. The van der Waals surface area contributed by atoms with Gasteiger partial charge in [-0.3, -0.25) is 0 Å². The van der Waals surface area contributed by atoms with Gasteiger partial charge in [-0.1, -0.05) is 30.3 Å². The van der Waals surface area contributed by atoms with E-state index in [4.69, 9.17) is 5.84 Å². The summed E-state index contributed by atoms with van der Waals surface area (Å²) in [6.45, 7) is 0. The van der Waals surface area contributed by atoms with Crippen LogP contribution in [-0.4, -0.2) is 15.2 Å². The van der Waals surface area contributed by atoms with Crippen molar-refractivity contribution in [3.63, 3.8) is 0 Å². The zero-order chi connectivity index (χ0) is 14.1. The zero-order valence-corrected chi connectivity index (χ0v) is 10.5. The molecule has 0 aliphatic rings. The van der Waals surface area contributed by atoms with Gasteiger partial charge >= 0.3 is 0 Å². The second-order valence-electron chi connectivity index (χ2n) is 4.42. The Morgan fingerprint density at radius 1 is 1.05 bits per heavy atom. The van der Waals surface area contributed by atoms with E-state index in [1.807, 2.05) is 30.3 Å². The maximum Gasteiger partial charge on any atom is 0.148 e. The zero-order valence-electron chi connectivity index (χ0n) is 10.5. The third kappa shape index (κ3) is 1.90. The summed E-state index contributed by atoms with van der Waals surface area (Å²) < 4.78 is 0. The molecular formula is C15H13N3O2. The van der Waals surface area contributed by atoms with Crippen molar-refractivity contribution >= 4 is 16.6 Å². The molecule has 0 bridgehead atoms. The fraction of sp³-hybridized carbons (Fsp3) is 0. The molecule has 5 nitrogen and oxygen atoms in total. The van der Waals surface area contributed by atoms with Crippen molar-refractivity contribution < 1.29 is 10.2 Å². The number of nitrogens with two attached hydrogens (primary N) is 1. The van der Waals surface area contributed by atoms with Gasteiger partial charge in [-0.05, 0) is 11.6 Å². The standard InChI is InChI=1S/C15H13N3O2/c16-18-15-11-6-10(19)7-13(20)14(11)12(8-17-15)9-4-2-1-3-5-9/h1-8,19-20H,16H2,(H,17,18). The van der Waals surface area contributed by atoms with Gasteiger partial charge in [-0.2, -0.15) is 0 Å². The number of nitrogen functional groups attached to an aromatic ring is 1. The third-order valence-corrected chi connectivity index (χ3v) is 3.17. The van der Waals surface area contributed by atoms with Gasteiger partial charge in [0.05, 0.1) is 0 Å². The van der Waals surface area contributed by atoms with Gasteiger partial charge in [0.1, 0.15) is 17.3 Å². The molecule has 0 unspecified atom stereocenters. The molecule has 2 aromatic carbocycles. The molecule has 0 aliphatic carbocycles. The topological polar surface area (TPSA) is 91.4 Å². The van der Waals surface area contributed by atoms with E-state index in [0.29, 0.717) is 16.6 Å². The first-order valence-corrected chi connectivity index (χ1v) is 6.07. The van der Waals surface area contributed by atoms with Crippen LogP contribution >= 0.6 is 0 Å². The molecule has 0 saturated carbocycles. The van der Waals surface area contributed by atoms with Crippen LogP contribution in [0.2, 0.25) is 0 Å². The number of hydrogen-bond donors (Lipinski definition) is 4. The van der Waals surface area contributed by atoms with Crippen LogP contribution in [0.15, 0.2) is 48.7 Å². The van der Waals surface area contributed by atoms with Crippen molar-refractivity contribution in [3.05, 3.63) is 48.7 Å². The largest absolute Gasteiger partial charge is 0.508 e. The van der Waals surface area contributed by atoms with E-state index >= 15 is 0 Å². The predicted molar refractivity (Wildman–Crippen MR) is 78.3 cm³/mol. The summed E-state index contributed by atoms with van der Waals surface area (Å²) in [5.74, 6) is 5.76. The summed E-state index contributed by atoms with van der Waals surface area (Å²) in [5.41, 5.74) is 4.17. The van der Waals surface area contributed by atoms with Crippen LogP contribution in [0.3, 0.4) is 0 Å². The van der Waals surface area contributed by atoms with E-state index in [2.05, 4.69) is 10.4 Å². The molecule has 1 aromatic heterocycles. The van der Waals surface area contributed by atoms with Crippen LogP contribution in [0.25, 0.3) is 21.9 Å². The first kappa shape index (κ1) is 12.3. The first-order valence-electron chi connectivity index (χ1n) is 6.07. The van der Waals surface area contributed by atoms with Crippen molar-refractivity contribution in [1.82, 2.24) is 4.98 Å². The van der Waals surface area contributed by atoms with Crippen LogP contribution in [0.5, 0.6) is 11.5 Å². The fourth-order valence-corrected chi connectivity index (χ4v) is 2.30. The Bertz CT molecular complexity index is 773. The minimum Gasteiger partial charge on any atom is -0.508 e. The highest BCUT2D eigenvalue weighted by atomic mass is 16.3. The molecule has 3 rings (SSSR count). The van der Waals surface area contributed by atoms with Crippen molar-refractivity contribution in [3.8, 4) is 22.6 Å². The van der Waals surface area contributed by atoms with Crippen molar-refractivity contribution in [1.29, 1.82) is 0 Å². The summed E-state index contributed by atoms with van der Waals surface area (Å²) in [5, 5.41) is 20.9. The molecule has 3 aromatic rings. The molecule has 1 heterocycles. The Morgan fingerprint density at radius 3 is 2.50 bits per heavy atom. The monoisotopic (exact) mass is 267 g/mol. The lowest BCUT2D eigenvalue weighted by molar-refractivity contribution is 0.455. The highest BCUT2D eigenvalue weighted by Gasteiger charge is 2.13. The molecule has 0 atom stereocenters. The quantitative estimate of drug-likeness (QED) is 0.423. The molecule has 0 aliphatic heterocycles. The number of benzene rings is 2. The lowest BCUT2D eigenvalue weighted by Gasteiger charge is -2.12. The molecule has 5 heteroatoms. The molecule has 20 heavy (non-hydrogen) atoms. The number of anilines is 1. The van der Waals surface area contributed by atoms with Crippen molar-refractivity contribution in [2.75, 3.05) is 5.43 Å². The highest BCUT2D eigenvalue weighted by Crippen LogP contribution is 2.39. The molecule has 0 radical (unpaired) electrons. The maximum absolute atomic E-state index is 10.2. The van der Waals surface area contributed by atoms with E-state index in [1.54, 1.807) is 6.20 Å². The summed E-state index contributed by atoms with van der Waals surface area (Å²) in [6.07, 6.45) is 1.64. The molecule has 0 fully saturated rings. The van der Waals surface area contributed by atoms with Gasteiger partial charge in [0.25, 0.3) is 0 Å². The summed E-state index contributed by atoms with van der Waals surface area (Å²) in [4.78, 5) is 4.23. The smallest absolute Gasteiger partial charge is 0.148 e. The highest BCUT2D eigenvalue weighted by molar-refractivity contribution is 6.05. The van der Waals surface area contributed by atoms with E-state index in [9.17, 15) is 10.2 Å². The Balaban J connectivity index is 2.41. The number of pyridine rings is 1. The van der Waals surface area contributed by atoms with E-state index < -0.39 is 0 Å². The van der Waals surface area contributed by atoms with Crippen LogP contribution in [0.4, 0.5) is 5.82 Å². The number of nitrogens with one attached hydrogen (secondary N) is 1. The Hall–Kier alpha value is -2.79. The summed E-state index contributed by atoms with van der Waals surface area (Å²) >= 11 is 0. The average Bonchev–Trinajstić information content (AvgIpc) is 2.47. The van der Waals surface area contributed by atoms with Crippen LogP contribution < -0.4 is 11.3 Å². The summed E-state index contributed by atoms with van der Waals surface area (Å²) in [6, 6.07) is 12.4. The maximum atomic E-state index is 10.2. The number of aromatic hydroxyl groups is 2. The first-order chi connectivity index (χ1) is 9.70. The Labute approximate surface area is 115 Å². The number of fused-ring (bicyclic) bond motifs is 1. The van der Waals surface area contributed by atoms with Gasteiger partial charge in [-0.25, -0.2) is 10.8 Å². The molecule has 100 valence electrons. The number of hydrogen-bond acceptors (Lipinski definition) is 5. The van der Waals surface area contributed by atoms with Crippen LogP contribution in [0, 0.1) is 0 Å². The van der Waals surface area contributed by atoms with Crippen molar-refractivity contribution in [2.45, 2.75) is 0 Å². The van der Waals surface area contributed by atoms with Crippen molar-refractivity contribution in [2.24, 2.45) is 5.84 Å². The average molecular weight is 267 g/mol. The third-order valence-electron chi connectivity index (χ3n) is 3.17. The number of phenolic OH excluding ortho intramolecular Hbond substituents is 2. The van der Waals surface area contributed by atoms with Gasteiger partial charge in [-0.15, -0.1) is 0 Å². The van der Waals surface area contributed by atoms with Crippen LogP contribution in [0.1, 0.15) is 0 Å². The van der Waals surface area contributed by atoms with E-state index in [1.165, 1.54) is 12.1 Å². The Kier molecular flexibility index (Phi) is 2.89. The molecular weight excluding hydrogens is 254 g/mol. The SMILES string of the molecule is NNc1ncc(-c2ccccc2)c2c(O)cc(O)cc12. The minimum atomic E-state index is -0.0430. The number of aromatic nitrogens is 1. The lowest BCUT2D eigenvalue weighted by atomic mass is 9.99. The van der Waals surface area contributed by atoms with E-state index in [0.717, 1.165) is 11.1 Å². The summed E-state index contributed by atoms with van der Waals surface area (Å²) in [7, 11) is 0. The van der Waals surface area contributed by atoms with Crippen LogP contribution in [-0.2, 0) is 0 Å². The number of phenols is 2. The van der Waals surface area contributed by atoms with Gasteiger partial charge in [0.2, 0.25) is 0 Å².